The molecule has 2 rings (SSSR count). The van der Waals surface area contributed by atoms with E-state index in [-0.39, 0.29) is 0 Å². The lowest BCUT2D eigenvalue weighted by Gasteiger charge is -2.11. The van der Waals surface area contributed by atoms with Gasteiger partial charge in [-0.15, -0.1) is 0 Å². The molecule has 0 amide bonds. The molecule has 0 unspecified atom stereocenters. The summed E-state index contributed by atoms with van der Waals surface area (Å²) < 4.78 is 3.07. The highest BCUT2D eigenvalue weighted by molar-refractivity contribution is 9.11. The molecule has 2 nitrogen and oxygen atoms in total. The number of pyridine rings is 1. The highest BCUT2D eigenvalue weighted by Crippen LogP contribution is 2.25. The van der Waals surface area contributed by atoms with Gasteiger partial charge in [0.2, 0.25) is 0 Å². The first-order chi connectivity index (χ1) is 8.58. The van der Waals surface area contributed by atoms with E-state index < -0.39 is 0 Å². The third-order valence-corrected chi connectivity index (χ3v) is 4.58. The molecule has 2 aromatic rings. The van der Waals surface area contributed by atoms with Gasteiger partial charge in [0.1, 0.15) is 0 Å². The van der Waals surface area contributed by atoms with E-state index in [2.05, 4.69) is 71.1 Å². The van der Waals surface area contributed by atoms with Crippen LogP contribution in [0.2, 0.25) is 0 Å². The minimum atomic E-state index is 0.686. The van der Waals surface area contributed by atoms with Crippen LogP contribution in [-0.2, 0) is 6.54 Å². The molecular formula is C13H11Br3N2. The standard InChI is InChI=1S/C13H11Br3N2/c1-8-10(15)3-2-4-12(8)18-7-13-11(16)5-9(14)6-17-13/h2-6,18H,7H2,1H3. The number of nitrogens with one attached hydrogen (secondary N) is 1. The maximum absolute atomic E-state index is 4.38. The summed E-state index contributed by atoms with van der Waals surface area (Å²) in [6.07, 6.45) is 1.80. The van der Waals surface area contributed by atoms with Crippen molar-refractivity contribution in [3.63, 3.8) is 0 Å². The number of hydrogen-bond acceptors (Lipinski definition) is 2. The molecule has 5 heteroatoms. The van der Waals surface area contributed by atoms with Gasteiger partial charge in [-0.1, -0.05) is 22.0 Å². The number of anilines is 1. The molecular weight excluding hydrogens is 424 g/mol. The quantitative estimate of drug-likeness (QED) is 0.710. The molecule has 0 radical (unpaired) electrons. The molecule has 0 aliphatic rings. The zero-order valence-electron chi connectivity index (χ0n) is 9.67. The SMILES string of the molecule is Cc1c(Br)cccc1NCc1ncc(Br)cc1Br. The molecule has 0 saturated heterocycles. The van der Waals surface area contributed by atoms with Crippen molar-refractivity contribution >= 4 is 53.5 Å². The van der Waals surface area contributed by atoms with Gasteiger partial charge in [-0.3, -0.25) is 4.98 Å². The Hall–Kier alpha value is -0.390. The highest BCUT2D eigenvalue weighted by Gasteiger charge is 2.05. The molecule has 1 aromatic heterocycles. The van der Waals surface area contributed by atoms with E-state index in [0.717, 1.165) is 24.8 Å². The molecule has 1 aromatic carbocycles. The zero-order valence-corrected chi connectivity index (χ0v) is 14.4. The van der Waals surface area contributed by atoms with E-state index in [0.29, 0.717) is 6.54 Å². The fourth-order valence-corrected chi connectivity index (χ4v) is 3.04. The summed E-state index contributed by atoms with van der Waals surface area (Å²) in [5, 5.41) is 3.39. The van der Waals surface area contributed by atoms with Gasteiger partial charge in [-0.25, -0.2) is 0 Å². The number of benzene rings is 1. The number of nitrogens with zero attached hydrogens (tertiary/aromatic N) is 1. The van der Waals surface area contributed by atoms with Crippen LogP contribution in [0.25, 0.3) is 0 Å². The van der Waals surface area contributed by atoms with Crippen molar-refractivity contribution in [2.75, 3.05) is 5.32 Å². The van der Waals surface area contributed by atoms with Crippen molar-refractivity contribution in [2.24, 2.45) is 0 Å². The van der Waals surface area contributed by atoms with Gasteiger partial charge in [-0.2, -0.15) is 0 Å². The van der Waals surface area contributed by atoms with Crippen molar-refractivity contribution in [2.45, 2.75) is 13.5 Å². The Balaban J connectivity index is 2.14. The average Bonchev–Trinajstić information content (AvgIpc) is 2.33. The van der Waals surface area contributed by atoms with E-state index in [1.807, 2.05) is 18.2 Å². The summed E-state index contributed by atoms with van der Waals surface area (Å²) in [6, 6.07) is 8.11. The Kier molecular flexibility index (Phi) is 4.81. The second-order valence-corrected chi connectivity index (χ2v) is 6.47. The Labute approximate surface area is 132 Å². The second kappa shape index (κ2) is 6.17. The van der Waals surface area contributed by atoms with Crippen molar-refractivity contribution in [1.82, 2.24) is 4.98 Å². The smallest absolute Gasteiger partial charge is 0.0737 e. The molecule has 0 atom stereocenters. The molecule has 0 spiro atoms. The van der Waals surface area contributed by atoms with Crippen LogP contribution in [0.5, 0.6) is 0 Å². The van der Waals surface area contributed by atoms with Gasteiger partial charge in [-0.05, 0) is 62.5 Å². The lowest BCUT2D eigenvalue weighted by molar-refractivity contribution is 1.02. The lowest BCUT2D eigenvalue weighted by atomic mass is 10.2. The molecule has 94 valence electrons. The van der Waals surface area contributed by atoms with Crippen molar-refractivity contribution in [1.29, 1.82) is 0 Å². The second-order valence-electron chi connectivity index (χ2n) is 3.85. The Bertz CT molecular complexity index is 570. The number of halogens is 3. The van der Waals surface area contributed by atoms with Crippen LogP contribution >= 0.6 is 47.8 Å². The Morgan fingerprint density at radius 2 is 1.94 bits per heavy atom. The van der Waals surface area contributed by atoms with Crippen LogP contribution in [0.15, 0.2) is 43.9 Å². The molecule has 0 fully saturated rings. The first-order valence-electron chi connectivity index (χ1n) is 5.37. The number of aromatic nitrogens is 1. The normalized spacial score (nSPS) is 10.4. The summed E-state index contributed by atoms with van der Waals surface area (Å²) in [6.45, 7) is 2.77. The van der Waals surface area contributed by atoms with E-state index in [1.165, 1.54) is 5.56 Å². The van der Waals surface area contributed by atoms with Gasteiger partial charge < -0.3 is 5.32 Å². The lowest BCUT2D eigenvalue weighted by Crippen LogP contribution is -2.03. The third kappa shape index (κ3) is 3.33. The van der Waals surface area contributed by atoms with Crippen LogP contribution in [0.3, 0.4) is 0 Å². The Morgan fingerprint density at radius 3 is 2.67 bits per heavy atom. The minimum absolute atomic E-state index is 0.686. The van der Waals surface area contributed by atoms with Crippen molar-refractivity contribution in [3.05, 3.63) is 55.1 Å². The van der Waals surface area contributed by atoms with E-state index >= 15 is 0 Å². The predicted octanol–water partition coefficient (Wildman–Crippen LogP) is 5.29. The van der Waals surface area contributed by atoms with E-state index in [1.54, 1.807) is 6.20 Å². The third-order valence-electron chi connectivity index (χ3n) is 2.60. The number of hydrogen-bond donors (Lipinski definition) is 1. The minimum Gasteiger partial charge on any atom is -0.379 e. The zero-order chi connectivity index (χ0) is 13.1. The largest absolute Gasteiger partial charge is 0.379 e. The summed E-state index contributed by atoms with van der Waals surface area (Å²) >= 11 is 10.4. The molecule has 0 aliphatic carbocycles. The van der Waals surface area contributed by atoms with Gasteiger partial charge in [0, 0.05) is 25.3 Å². The van der Waals surface area contributed by atoms with E-state index in [4.69, 9.17) is 0 Å². The average molecular weight is 435 g/mol. The maximum atomic E-state index is 4.38. The maximum Gasteiger partial charge on any atom is 0.0737 e. The van der Waals surface area contributed by atoms with Crippen molar-refractivity contribution in [3.8, 4) is 0 Å². The molecule has 0 saturated carbocycles. The first kappa shape index (κ1) is 14.0. The first-order valence-corrected chi connectivity index (χ1v) is 7.74. The van der Waals surface area contributed by atoms with Crippen LogP contribution in [0.4, 0.5) is 5.69 Å². The Morgan fingerprint density at radius 1 is 1.17 bits per heavy atom. The summed E-state index contributed by atoms with van der Waals surface area (Å²) in [5.74, 6) is 0. The number of rotatable bonds is 3. The summed E-state index contributed by atoms with van der Waals surface area (Å²) in [4.78, 5) is 4.38. The van der Waals surface area contributed by atoms with Crippen LogP contribution in [-0.4, -0.2) is 4.98 Å². The topological polar surface area (TPSA) is 24.9 Å². The van der Waals surface area contributed by atoms with Gasteiger partial charge >= 0.3 is 0 Å². The molecule has 1 N–H and O–H groups in total. The molecule has 0 bridgehead atoms. The van der Waals surface area contributed by atoms with E-state index in [9.17, 15) is 0 Å². The predicted molar refractivity (Wildman–Crippen MR) is 85.8 cm³/mol. The monoisotopic (exact) mass is 432 g/mol. The van der Waals surface area contributed by atoms with Gasteiger partial charge in [0.05, 0.1) is 12.2 Å². The molecule has 0 aliphatic heterocycles. The molecule has 1 heterocycles. The highest BCUT2D eigenvalue weighted by atomic mass is 79.9. The van der Waals surface area contributed by atoms with Gasteiger partial charge in [0.25, 0.3) is 0 Å². The van der Waals surface area contributed by atoms with Gasteiger partial charge in [0.15, 0.2) is 0 Å². The molecule has 18 heavy (non-hydrogen) atoms. The van der Waals surface area contributed by atoms with Crippen LogP contribution < -0.4 is 5.32 Å². The van der Waals surface area contributed by atoms with Crippen LogP contribution in [0, 0.1) is 6.92 Å². The van der Waals surface area contributed by atoms with Crippen molar-refractivity contribution < 1.29 is 0 Å². The fourth-order valence-electron chi connectivity index (χ4n) is 1.55. The fraction of sp³-hybridized carbons (Fsp3) is 0.154. The summed E-state index contributed by atoms with van der Waals surface area (Å²) in [5.41, 5.74) is 3.30. The van der Waals surface area contributed by atoms with Crippen LogP contribution in [0.1, 0.15) is 11.3 Å². The summed E-state index contributed by atoms with van der Waals surface area (Å²) in [7, 11) is 0.